The maximum atomic E-state index is 5.40. The van der Waals surface area contributed by atoms with Gasteiger partial charge in [-0.05, 0) is 18.2 Å². The Morgan fingerprint density at radius 1 is 0.947 bits per heavy atom. The summed E-state index contributed by atoms with van der Waals surface area (Å²) in [6.45, 7) is 0. The third kappa shape index (κ3) is 2.94. The molecule has 1 aromatic heterocycles. The van der Waals surface area contributed by atoms with Gasteiger partial charge in [0, 0.05) is 23.8 Å². The van der Waals surface area contributed by atoms with Crippen LogP contribution in [0.25, 0.3) is 12.2 Å². The molecule has 2 aromatic rings. The Morgan fingerprint density at radius 3 is 2.47 bits per heavy atom. The van der Waals surface area contributed by atoms with Gasteiger partial charge in [0.25, 0.3) is 0 Å². The maximum Gasteiger partial charge on any atom is 0.204 e. The van der Waals surface area contributed by atoms with Crippen LogP contribution in [0, 0.1) is 0 Å². The first-order valence-electron chi connectivity index (χ1n) is 6.10. The molecule has 0 aliphatic heterocycles. The molecule has 0 spiro atoms. The number of methoxy groups -OCH3 is 2. The molecule has 0 amide bonds. The van der Waals surface area contributed by atoms with Gasteiger partial charge >= 0.3 is 0 Å². The van der Waals surface area contributed by atoms with E-state index >= 15 is 0 Å². The molecule has 2 rings (SSSR count). The standard InChI is InChI=1S/C16H18NO2/c1-17-12-5-4-8-14(17)11-10-13-7-6-9-15(18-2)16(13)19-3/h4-12H,1-3H3/q+1. The van der Waals surface area contributed by atoms with Crippen LogP contribution < -0.4 is 14.0 Å². The summed E-state index contributed by atoms with van der Waals surface area (Å²) in [5.74, 6) is 1.49. The number of para-hydroxylation sites is 1. The Balaban J connectivity index is 2.36. The van der Waals surface area contributed by atoms with Crippen molar-refractivity contribution in [3.05, 3.63) is 53.9 Å². The highest BCUT2D eigenvalue weighted by atomic mass is 16.5. The zero-order valence-electron chi connectivity index (χ0n) is 11.5. The normalized spacial score (nSPS) is 10.7. The first-order chi connectivity index (χ1) is 9.26. The van der Waals surface area contributed by atoms with Crippen molar-refractivity contribution in [1.82, 2.24) is 0 Å². The van der Waals surface area contributed by atoms with E-state index in [-0.39, 0.29) is 0 Å². The Morgan fingerprint density at radius 2 is 1.79 bits per heavy atom. The van der Waals surface area contributed by atoms with Gasteiger partial charge in [-0.2, -0.15) is 0 Å². The Bertz CT molecular complexity index is 591. The largest absolute Gasteiger partial charge is 0.493 e. The topological polar surface area (TPSA) is 22.3 Å². The molecular formula is C16H18NO2+. The second-order valence-corrected chi connectivity index (χ2v) is 4.15. The Kier molecular flexibility index (Phi) is 4.18. The van der Waals surface area contributed by atoms with E-state index < -0.39 is 0 Å². The summed E-state index contributed by atoms with van der Waals surface area (Å²) >= 11 is 0. The van der Waals surface area contributed by atoms with E-state index in [1.807, 2.05) is 49.7 Å². The first-order valence-corrected chi connectivity index (χ1v) is 6.10. The van der Waals surface area contributed by atoms with E-state index in [0.717, 1.165) is 22.8 Å². The lowest BCUT2D eigenvalue weighted by molar-refractivity contribution is -0.673. The molecule has 0 N–H and O–H groups in total. The van der Waals surface area contributed by atoms with E-state index in [1.165, 1.54) is 0 Å². The predicted octanol–water partition coefficient (Wildman–Crippen LogP) is 2.70. The van der Waals surface area contributed by atoms with Gasteiger partial charge in [-0.15, -0.1) is 0 Å². The number of ether oxygens (including phenoxy) is 2. The lowest BCUT2D eigenvalue weighted by atomic mass is 10.1. The average Bonchev–Trinajstić information content (AvgIpc) is 2.45. The first kappa shape index (κ1) is 13.1. The molecule has 0 aliphatic carbocycles. The number of hydrogen-bond acceptors (Lipinski definition) is 2. The van der Waals surface area contributed by atoms with Crippen molar-refractivity contribution in [3.63, 3.8) is 0 Å². The van der Waals surface area contributed by atoms with Crippen molar-refractivity contribution >= 4 is 12.2 Å². The minimum atomic E-state index is 0.738. The zero-order chi connectivity index (χ0) is 13.7. The Hall–Kier alpha value is -2.29. The summed E-state index contributed by atoms with van der Waals surface area (Å²) in [6, 6.07) is 11.9. The number of pyridine rings is 1. The van der Waals surface area contributed by atoms with Gasteiger partial charge in [0.2, 0.25) is 5.69 Å². The van der Waals surface area contributed by atoms with E-state index in [2.05, 4.69) is 16.7 Å². The van der Waals surface area contributed by atoms with Crippen molar-refractivity contribution in [1.29, 1.82) is 0 Å². The summed E-state index contributed by atoms with van der Waals surface area (Å²) in [4.78, 5) is 0. The lowest BCUT2D eigenvalue weighted by Gasteiger charge is -2.09. The van der Waals surface area contributed by atoms with Crippen LogP contribution in [-0.2, 0) is 7.05 Å². The summed E-state index contributed by atoms with van der Waals surface area (Å²) in [6.07, 6.45) is 6.09. The predicted molar refractivity (Wildman–Crippen MR) is 76.1 cm³/mol. The number of benzene rings is 1. The fourth-order valence-electron chi connectivity index (χ4n) is 1.93. The zero-order valence-corrected chi connectivity index (χ0v) is 11.5. The fourth-order valence-corrected chi connectivity index (χ4v) is 1.93. The molecule has 19 heavy (non-hydrogen) atoms. The molecule has 0 bridgehead atoms. The number of aryl methyl sites for hydroxylation is 1. The van der Waals surface area contributed by atoms with Gasteiger partial charge in [-0.3, -0.25) is 0 Å². The van der Waals surface area contributed by atoms with Crippen LogP contribution in [0.2, 0.25) is 0 Å². The lowest BCUT2D eigenvalue weighted by Crippen LogP contribution is -2.30. The average molecular weight is 256 g/mol. The van der Waals surface area contributed by atoms with Crippen LogP contribution in [0.15, 0.2) is 42.6 Å². The SMILES string of the molecule is COc1cccc(C=Cc2cccc[n+]2C)c1OC. The molecule has 0 radical (unpaired) electrons. The fraction of sp³-hybridized carbons (Fsp3) is 0.188. The molecular weight excluding hydrogens is 238 g/mol. The molecule has 0 saturated heterocycles. The third-order valence-corrected chi connectivity index (χ3v) is 2.96. The van der Waals surface area contributed by atoms with Gasteiger partial charge < -0.3 is 9.47 Å². The maximum absolute atomic E-state index is 5.40. The highest BCUT2D eigenvalue weighted by Crippen LogP contribution is 2.31. The van der Waals surface area contributed by atoms with E-state index in [4.69, 9.17) is 9.47 Å². The molecule has 0 fully saturated rings. The van der Waals surface area contributed by atoms with E-state index in [0.29, 0.717) is 0 Å². The van der Waals surface area contributed by atoms with Crippen molar-refractivity contribution in [2.75, 3.05) is 14.2 Å². The van der Waals surface area contributed by atoms with E-state index in [1.54, 1.807) is 14.2 Å². The molecule has 3 nitrogen and oxygen atoms in total. The van der Waals surface area contributed by atoms with Gasteiger partial charge in [0.1, 0.15) is 7.05 Å². The summed E-state index contributed by atoms with van der Waals surface area (Å²) in [5.41, 5.74) is 2.11. The van der Waals surface area contributed by atoms with Crippen LogP contribution in [0.1, 0.15) is 11.3 Å². The monoisotopic (exact) mass is 256 g/mol. The van der Waals surface area contributed by atoms with Gasteiger partial charge in [-0.1, -0.05) is 12.1 Å². The summed E-state index contributed by atoms with van der Waals surface area (Å²) in [7, 11) is 5.31. The molecule has 98 valence electrons. The van der Waals surface area contributed by atoms with Gasteiger partial charge in [0.15, 0.2) is 17.7 Å². The van der Waals surface area contributed by atoms with Crippen molar-refractivity contribution in [2.45, 2.75) is 0 Å². The van der Waals surface area contributed by atoms with Gasteiger partial charge in [0.05, 0.1) is 14.2 Å². The van der Waals surface area contributed by atoms with Crippen molar-refractivity contribution in [3.8, 4) is 11.5 Å². The third-order valence-electron chi connectivity index (χ3n) is 2.96. The molecule has 1 aromatic carbocycles. The van der Waals surface area contributed by atoms with Crippen LogP contribution in [-0.4, -0.2) is 14.2 Å². The van der Waals surface area contributed by atoms with Gasteiger partial charge in [-0.25, -0.2) is 4.57 Å². The van der Waals surface area contributed by atoms with Crippen LogP contribution >= 0.6 is 0 Å². The number of nitrogens with zero attached hydrogens (tertiary/aromatic N) is 1. The number of hydrogen-bond donors (Lipinski definition) is 0. The molecule has 0 aliphatic rings. The quantitative estimate of drug-likeness (QED) is 0.785. The second kappa shape index (κ2) is 6.05. The number of rotatable bonds is 4. The number of aromatic nitrogens is 1. The van der Waals surface area contributed by atoms with Crippen LogP contribution in [0.3, 0.4) is 0 Å². The van der Waals surface area contributed by atoms with Crippen molar-refractivity contribution < 1.29 is 14.0 Å². The molecule has 1 heterocycles. The molecule has 3 heteroatoms. The summed E-state index contributed by atoms with van der Waals surface area (Å²) < 4.78 is 12.8. The molecule has 0 saturated carbocycles. The summed E-state index contributed by atoms with van der Waals surface area (Å²) in [5, 5.41) is 0. The molecule has 0 unspecified atom stereocenters. The smallest absolute Gasteiger partial charge is 0.204 e. The molecule has 0 atom stereocenters. The highest BCUT2D eigenvalue weighted by molar-refractivity contribution is 5.72. The highest BCUT2D eigenvalue weighted by Gasteiger charge is 2.07. The van der Waals surface area contributed by atoms with Crippen LogP contribution in [0.4, 0.5) is 0 Å². The van der Waals surface area contributed by atoms with E-state index in [9.17, 15) is 0 Å². The van der Waals surface area contributed by atoms with Crippen molar-refractivity contribution in [2.24, 2.45) is 7.05 Å². The minimum Gasteiger partial charge on any atom is -0.493 e. The minimum absolute atomic E-state index is 0.738. The second-order valence-electron chi connectivity index (χ2n) is 4.15. The van der Waals surface area contributed by atoms with Crippen LogP contribution in [0.5, 0.6) is 11.5 Å². The Labute approximate surface area is 113 Å².